The third kappa shape index (κ3) is 3.52. The van der Waals surface area contributed by atoms with Gasteiger partial charge in [0.05, 0.1) is 12.7 Å². The zero-order valence-corrected chi connectivity index (χ0v) is 14.1. The number of rotatable bonds is 5. The van der Waals surface area contributed by atoms with Gasteiger partial charge in [0.25, 0.3) is 5.91 Å². The van der Waals surface area contributed by atoms with Gasteiger partial charge in [-0.15, -0.1) is 0 Å². The summed E-state index contributed by atoms with van der Waals surface area (Å²) in [5.74, 6) is -3.09. The first-order valence-corrected chi connectivity index (χ1v) is 7.82. The number of nitrogens with one attached hydrogen (secondary N) is 1. The molecule has 134 valence electrons. The number of carbonyl (C=O) groups excluding carboxylic acids is 1. The molecule has 5 nitrogen and oxygen atoms in total. The number of hydrogen-bond donors (Lipinski definition) is 2. The normalized spacial score (nSPS) is 17.4. The van der Waals surface area contributed by atoms with Crippen LogP contribution in [-0.4, -0.2) is 43.5 Å². The summed E-state index contributed by atoms with van der Waals surface area (Å²) in [5.41, 5.74) is -2.38. The third-order valence-corrected chi connectivity index (χ3v) is 4.77. The number of hydrogen-bond acceptors (Lipinski definition) is 4. The van der Waals surface area contributed by atoms with E-state index in [4.69, 9.17) is 9.47 Å². The largest absolute Gasteiger partial charge is 0.494 e. The molecule has 2 rings (SSSR count). The Kier molecular flexibility index (Phi) is 5.45. The number of ether oxygens (including phenoxy) is 2. The average molecular weight is 343 g/mol. The predicted molar refractivity (Wildman–Crippen MR) is 84.0 cm³/mol. The fourth-order valence-electron chi connectivity index (χ4n) is 2.84. The van der Waals surface area contributed by atoms with E-state index < -0.39 is 34.1 Å². The Morgan fingerprint density at radius 1 is 1.38 bits per heavy atom. The molecule has 0 aromatic heterocycles. The summed E-state index contributed by atoms with van der Waals surface area (Å²) in [6.45, 7) is 4.55. The molecule has 1 aromatic carbocycles. The first-order chi connectivity index (χ1) is 11.2. The van der Waals surface area contributed by atoms with Crippen molar-refractivity contribution in [2.75, 3.05) is 26.9 Å². The van der Waals surface area contributed by atoms with Gasteiger partial charge in [0.1, 0.15) is 11.4 Å². The maximum absolute atomic E-state index is 14.1. The molecule has 7 heteroatoms. The van der Waals surface area contributed by atoms with Crippen molar-refractivity contribution >= 4 is 5.91 Å². The van der Waals surface area contributed by atoms with Crippen LogP contribution < -0.4 is 10.1 Å². The molecular formula is C17H23F2NO4. The highest BCUT2D eigenvalue weighted by Crippen LogP contribution is 2.38. The lowest BCUT2D eigenvalue weighted by Crippen LogP contribution is -2.53. The van der Waals surface area contributed by atoms with Gasteiger partial charge in [0, 0.05) is 38.0 Å². The minimum absolute atomic E-state index is 0.0679. The van der Waals surface area contributed by atoms with E-state index >= 15 is 0 Å². The maximum atomic E-state index is 14.1. The maximum Gasteiger partial charge on any atom is 0.257 e. The first-order valence-electron chi connectivity index (χ1n) is 7.82. The van der Waals surface area contributed by atoms with E-state index in [1.165, 1.54) is 7.11 Å². The smallest absolute Gasteiger partial charge is 0.257 e. The standard InChI is InChI=1S/C17H23F2NO4/c1-16(2,17(22)6-8-24-9-7-17)10-20-15(21)13-11(18)4-5-12(23-3)14(13)19/h4-5,22H,6-10H2,1-3H3,(H,20,21). The van der Waals surface area contributed by atoms with E-state index in [1.54, 1.807) is 13.8 Å². The van der Waals surface area contributed by atoms with Crippen LogP contribution in [0.1, 0.15) is 37.0 Å². The molecule has 0 bridgehead atoms. The molecule has 1 aromatic rings. The molecule has 0 unspecified atom stereocenters. The highest BCUT2D eigenvalue weighted by Gasteiger charge is 2.44. The van der Waals surface area contributed by atoms with Gasteiger partial charge in [0.2, 0.25) is 0 Å². The van der Waals surface area contributed by atoms with E-state index in [2.05, 4.69) is 5.32 Å². The monoisotopic (exact) mass is 343 g/mol. The van der Waals surface area contributed by atoms with Crippen LogP contribution in [0.4, 0.5) is 8.78 Å². The summed E-state index contributed by atoms with van der Waals surface area (Å²) in [7, 11) is 1.24. The predicted octanol–water partition coefficient (Wildman–Crippen LogP) is 2.27. The minimum Gasteiger partial charge on any atom is -0.494 e. The molecule has 2 N–H and O–H groups in total. The lowest BCUT2D eigenvalue weighted by atomic mass is 9.70. The molecule has 1 heterocycles. The summed E-state index contributed by atoms with van der Waals surface area (Å²) < 4.78 is 38.0. The van der Waals surface area contributed by atoms with Crippen LogP contribution in [-0.2, 0) is 4.74 Å². The van der Waals surface area contributed by atoms with Gasteiger partial charge in [-0.25, -0.2) is 8.78 Å². The van der Waals surface area contributed by atoms with Gasteiger partial charge in [-0.3, -0.25) is 4.79 Å². The van der Waals surface area contributed by atoms with Gasteiger partial charge >= 0.3 is 0 Å². The Balaban J connectivity index is 2.13. The quantitative estimate of drug-likeness (QED) is 0.861. The second-order valence-electron chi connectivity index (χ2n) is 6.65. The summed E-state index contributed by atoms with van der Waals surface area (Å²) in [6, 6.07) is 2.10. The third-order valence-electron chi connectivity index (χ3n) is 4.77. The lowest BCUT2D eigenvalue weighted by molar-refractivity contribution is -0.130. The molecule has 1 aliphatic heterocycles. The highest BCUT2D eigenvalue weighted by atomic mass is 19.1. The molecule has 0 radical (unpaired) electrons. The first kappa shape index (κ1) is 18.6. The number of carbonyl (C=O) groups is 1. The average Bonchev–Trinajstić information content (AvgIpc) is 2.54. The zero-order valence-electron chi connectivity index (χ0n) is 14.1. The molecule has 0 atom stereocenters. The number of aliphatic hydroxyl groups is 1. The van der Waals surface area contributed by atoms with Crippen molar-refractivity contribution in [2.24, 2.45) is 5.41 Å². The van der Waals surface area contributed by atoms with E-state index in [9.17, 15) is 18.7 Å². The molecule has 1 saturated heterocycles. The molecule has 0 saturated carbocycles. The van der Waals surface area contributed by atoms with Gasteiger partial charge in [-0.05, 0) is 12.1 Å². The molecule has 1 fully saturated rings. The fraction of sp³-hybridized carbons (Fsp3) is 0.588. The second-order valence-corrected chi connectivity index (χ2v) is 6.65. The van der Waals surface area contributed by atoms with Crippen molar-refractivity contribution in [3.63, 3.8) is 0 Å². The van der Waals surface area contributed by atoms with Crippen LogP contribution in [0.5, 0.6) is 5.75 Å². The van der Waals surface area contributed by atoms with Crippen molar-refractivity contribution in [1.82, 2.24) is 5.32 Å². The molecular weight excluding hydrogens is 320 g/mol. The van der Waals surface area contributed by atoms with Crippen molar-refractivity contribution in [3.05, 3.63) is 29.3 Å². The van der Waals surface area contributed by atoms with Crippen LogP contribution in [0.3, 0.4) is 0 Å². The SMILES string of the molecule is COc1ccc(F)c(C(=O)NCC(C)(C)C2(O)CCOCC2)c1F. The Bertz CT molecular complexity index is 613. The lowest BCUT2D eigenvalue weighted by Gasteiger charge is -2.45. The van der Waals surface area contributed by atoms with Crippen LogP contribution in [0.25, 0.3) is 0 Å². The Hall–Kier alpha value is -1.73. The number of amides is 1. The van der Waals surface area contributed by atoms with E-state index in [0.717, 1.165) is 12.1 Å². The van der Waals surface area contributed by atoms with Crippen molar-refractivity contribution in [1.29, 1.82) is 0 Å². The van der Waals surface area contributed by atoms with Crippen molar-refractivity contribution < 1.29 is 28.2 Å². The van der Waals surface area contributed by atoms with Crippen LogP contribution in [0.2, 0.25) is 0 Å². The number of methoxy groups -OCH3 is 1. The van der Waals surface area contributed by atoms with Crippen LogP contribution in [0.15, 0.2) is 12.1 Å². The molecule has 0 spiro atoms. The van der Waals surface area contributed by atoms with Crippen molar-refractivity contribution in [2.45, 2.75) is 32.3 Å². The molecule has 1 amide bonds. The van der Waals surface area contributed by atoms with Crippen LogP contribution in [0, 0.1) is 17.0 Å². The molecule has 24 heavy (non-hydrogen) atoms. The summed E-state index contributed by atoms with van der Waals surface area (Å²) in [5, 5.41) is 13.3. The number of benzene rings is 1. The summed E-state index contributed by atoms with van der Waals surface area (Å²) in [4.78, 5) is 12.2. The number of halogens is 2. The molecule has 0 aliphatic carbocycles. The Morgan fingerprint density at radius 2 is 2.00 bits per heavy atom. The van der Waals surface area contributed by atoms with Gasteiger partial charge in [-0.1, -0.05) is 13.8 Å². The second kappa shape index (κ2) is 7.03. The van der Waals surface area contributed by atoms with Crippen LogP contribution >= 0.6 is 0 Å². The molecule has 1 aliphatic rings. The van der Waals surface area contributed by atoms with Gasteiger partial charge in [0.15, 0.2) is 11.6 Å². The topological polar surface area (TPSA) is 67.8 Å². The summed E-state index contributed by atoms with van der Waals surface area (Å²) >= 11 is 0. The van der Waals surface area contributed by atoms with E-state index in [1.807, 2.05) is 0 Å². The Labute approximate surface area is 140 Å². The highest BCUT2D eigenvalue weighted by molar-refractivity contribution is 5.95. The Morgan fingerprint density at radius 3 is 2.58 bits per heavy atom. The van der Waals surface area contributed by atoms with E-state index in [0.29, 0.717) is 26.1 Å². The van der Waals surface area contributed by atoms with E-state index in [-0.39, 0.29) is 12.3 Å². The minimum atomic E-state index is -1.04. The van der Waals surface area contributed by atoms with Crippen molar-refractivity contribution in [3.8, 4) is 5.75 Å². The zero-order chi connectivity index (χ0) is 18.0. The fourth-order valence-corrected chi connectivity index (χ4v) is 2.84. The van der Waals surface area contributed by atoms with Gasteiger partial charge < -0.3 is 19.9 Å². The summed E-state index contributed by atoms with van der Waals surface area (Å²) in [6.07, 6.45) is 0.884. The van der Waals surface area contributed by atoms with Gasteiger partial charge in [-0.2, -0.15) is 0 Å².